The van der Waals surface area contributed by atoms with Crippen molar-refractivity contribution >= 4 is 34.5 Å². The maximum Gasteiger partial charge on any atom is 0.323 e. The molecule has 140 valence electrons. The lowest BCUT2D eigenvalue weighted by atomic mass is 10.1. The van der Waals surface area contributed by atoms with Crippen molar-refractivity contribution in [1.29, 1.82) is 5.26 Å². The SMILES string of the molecule is Cc1ccc(C)c(NC(=O)/C(C#N)=C/c2cn(CC(=O)O)c3ccccc23)c1. The molecule has 2 aromatic carbocycles. The molecule has 1 aromatic heterocycles. The third kappa shape index (κ3) is 3.94. The minimum atomic E-state index is -0.968. The van der Waals surface area contributed by atoms with Gasteiger partial charge in [-0.1, -0.05) is 30.3 Å². The zero-order valence-corrected chi connectivity index (χ0v) is 15.6. The molecule has 0 fully saturated rings. The molecule has 28 heavy (non-hydrogen) atoms. The summed E-state index contributed by atoms with van der Waals surface area (Å²) in [6.45, 7) is 3.60. The van der Waals surface area contributed by atoms with Crippen molar-refractivity contribution < 1.29 is 14.7 Å². The number of rotatable bonds is 5. The van der Waals surface area contributed by atoms with Crippen LogP contribution in [0.4, 0.5) is 5.69 Å². The second-order valence-corrected chi connectivity index (χ2v) is 6.57. The molecule has 0 aliphatic rings. The van der Waals surface area contributed by atoms with E-state index in [2.05, 4.69) is 5.32 Å². The Morgan fingerprint density at radius 1 is 1.21 bits per heavy atom. The lowest BCUT2D eigenvalue weighted by molar-refractivity contribution is -0.137. The van der Waals surface area contributed by atoms with Crippen LogP contribution in [0.15, 0.2) is 54.2 Å². The average molecular weight is 373 g/mol. The van der Waals surface area contributed by atoms with E-state index in [1.165, 1.54) is 6.08 Å². The molecule has 0 saturated heterocycles. The third-order valence-electron chi connectivity index (χ3n) is 4.43. The number of fused-ring (bicyclic) bond motifs is 1. The Balaban J connectivity index is 1.99. The van der Waals surface area contributed by atoms with E-state index < -0.39 is 11.9 Å². The number of hydrogen-bond acceptors (Lipinski definition) is 3. The highest BCUT2D eigenvalue weighted by atomic mass is 16.4. The fraction of sp³-hybridized carbons (Fsp3) is 0.136. The second-order valence-electron chi connectivity index (χ2n) is 6.57. The van der Waals surface area contributed by atoms with E-state index in [0.717, 1.165) is 22.0 Å². The van der Waals surface area contributed by atoms with Crippen molar-refractivity contribution in [3.05, 3.63) is 70.9 Å². The number of anilines is 1. The number of aryl methyl sites for hydroxylation is 2. The topological polar surface area (TPSA) is 95.1 Å². The minimum Gasteiger partial charge on any atom is -0.480 e. The van der Waals surface area contributed by atoms with Gasteiger partial charge in [-0.2, -0.15) is 5.26 Å². The molecule has 0 radical (unpaired) electrons. The van der Waals surface area contributed by atoms with Crippen molar-refractivity contribution in [3.63, 3.8) is 0 Å². The summed E-state index contributed by atoms with van der Waals surface area (Å²) in [5, 5.41) is 22.2. The smallest absolute Gasteiger partial charge is 0.323 e. The highest BCUT2D eigenvalue weighted by Crippen LogP contribution is 2.24. The first-order valence-electron chi connectivity index (χ1n) is 8.69. The van der Waals surface area contributed by atoms with E-state index in [-0.39, 0.29) is 12.1 Å². The van der Waals surface area contributed by atoms with E-state index in [1.54, 1.807) is 16.8 Å². The predicted molar refractivity (Wildman–Crippen MR) is 108 cm³/mol. The summed E-state index contributed by atoms with van der Waals surface area (Å²) < 4.78 is 1.58. The van der Waals surface area contributed by atoms with Crippen LogP contribution in [0.2, 0.25) is 0 Å². The highest BCUT2D eigenvalue weighted by Gasteiger charge is 2.14. The molecule has 0 atom stereocenters. The molecular formula is C22H19N3O3. The van der Waals surface area contributed by atoms with Gasteiger partial charge >= 0.3 is 5.97 Å². The molecule has 0 saturated carbocycles. The van der Waals surface area contributed by atoms with Crippen LogP contribution >= 0.6 is 0 Å². The number of amides is 1. The first kappa shape index (κ1) is 18.9. The van der Waals surface area contributed by atoms with E-state index in [9.17, 15) is 14.9 Å². The van der Waals surface area contributed by atoms with Gasteiger partial charge in [0, 0.05) is 28.4 Å². The predicted octanol–water partition coefficient (Wildman–Crippen LogP) is 3.89. The van der Waals surface area contributed by atoms with Crippen LogP contribution in [0.5, 0.6) is 0 Å². The molecule has 0 aliphatic carbocycles. The molecule has 0 unspecified atom stereocenters. The molecule has 2 N–H and O–H groups in total. The van der Waals surface area contributed by atoms with Crippen LogP contribution < -0.4 is 5.32 Å². The Morgan fingerprint density at radius 3 is 2.68 bits per heavy atom. The van der Waals surface area contributed by atoms with Crippen LogP contribution in [0.1, 0.15) is 16.7 Å². The first-order chi connectivity index (χ1) is 13.4. The molecule has 0 bridgehead atoms. The minimum absolute atomic E-state index is 0.0564. The Hall–Kier alpha value is -3.85. The van der Waals surface area contributed by atoms with Crippen molar-refractivity contribution in [3.8, 4) is 6.07 Å². The number of carbonyl (C=O) groups is 2. The van der Waals surface area contributed by atoms with E-state index in [1.807, 2.05) is 56.3 Å². The van der Waals surface area contributed by atoms with Gasteiger partial charge in [-0.05, 0) is 43.2 Å². The first-order valence-corrected chi connectivity index (χ1v) is 8.69. The zero-order chi connectivity index (χ0) is 20.3. The summed E-state index contributed by atoms with van der Waals surface area (Å²) in [6, 6.07) is 14.9. The second kappa shape index (κ2) is 7.80. The number of benzene rings is 2. The van der Waals surface area contributed by atoms with Crippen LogP contribution in [-0.2, 0) is 16.1 Å². The number of para-hydroxylation sites is 1. The molecule has 3 aromatic rings. The number of aliphatic carboxylic acids is 1. The quantitative estimate of drug-likeness (QED) is 0.524. The lowest BCUT2D eigenvalue weighted by Crippen LogP contribution is -2.14. The number of carboxylic acid groups (broad SMARTS) is 1. The lowest BCUT2D eigenvalue weighted by Gasteiger charge is -2.08. The number of nitrogens with zero attached hydrogens (tertiary/aromatic N) is 2. The average Bonchev–Trinajstić information content (AvgIpc) is 2.99. The van der Waals surface area contributed by atoms with Crippen LogP contribution in [-0.4, -0.2) is 21.6 Å². The van der Waals surface area contributed by atoms with Gasteiger partial charge in [-0.15, -0.1) is 0 Å². The van der Waals surface area contributed by atoms with Gasteiger partial charge in [0.15, 0.2) is 0 Å². The number of nitriles is 1. The molecule has 6 nitrogen and oxygen atoms in total. The number of carboxylic acids is 1. The van der Waals surface area contributed by atoms with Gasteiger partial charge in [0.05, 0.1) is 0 Å². The Kier molecular flexibility index (Phi) is 5.28. The molecule has 1 heterocycles. The van der Waals surface area contributed by atoms with Gasteiger partial charge < -0.3 is 15.0 Å². The van der Waals surface area contributed by atoms with Crippen molar-refractivity contribution in [2.24, 2.45) is 0 Å². The van der Waals surface area contributed by atoms with Gasteiger partial charge in [0.25, 0.3) is 5.91 Å². The highest BCUT2D eigenvalue weighted by molar-refractivity contribution is 6.11. The van der Waals surface area contributed by atoms with Crippen LogP contribution in [0.25, 0.3) is 17.0 Å². The van der Waals surface area contributed by atoms with E-state index in [0.29, 0.717) is 11.3 Å². The zero-order valence-electron chi connectivity index (χ0n) is 15.6. The molecule has 6 heteroatoms. The molecule has 0 spiro atoms. The number of hydrogen-bond donors (Lipinski definition) is 2. The van der Waals surface area contributed by atoms with Crippen molar-refractivity contribution in [2.75, 3.05) is 5.32 Å². The van der Waals surface area contributed by atoms with Gasteiger partial charge in [0.2, 0.25) is 0 Å². The number of aromatic nitrogens is 1. The summed E-state index contributed by atoms with van der Waals surface area (Å²) >= 11 is 0. The summed E-state index contributed by atoms with van der Waals surface area (Å²) in [4.78, 5) is 23.7. The third-order valence-corrected chi connectivity index (χ3v) is 4.43. The van der Waals surface area contributed by atoms with E-state index in [4.69, 9.17) is 5.11 Å². The molecule has 1 amide bonds. The Morgan fingerprint density at radius 2 is 1.96 bits per heavy atom. The van der Waals surface area contributed by atoms with Gasteiger partial charge in [-0.3, -0.25) is 9.59 Å². The molecule has 0 aliphatic heterocycles. The van der Waals surface area contributed by atoms with Crippen LogP contribution in [0.3, 0.4) is 0 Å². The maximum absolute atomic E-state index is 12.6. The van der Waals surface area contributed by atoms with E-state index >= 15 is 0 Å². The summed E-state index contributed by atoms with van der Waals surface area (Å²) in [6.07, 6.45) is 3.13. The van der Waals surface area contributed by atoms with Crippen molar-refractivity contribution in [1.82, 2.24) is 4.57 Å². The molecular weight excluding hydrogens is 354 g/mol. The summed E-state index contributed by atoms with van der Waals surface area (Å²) in [5.41, 5.74) is 3.83. The van der Waals surface area contributed by atoms with Gasteiger partial charge in [0.1, 0.15) is 18.2 Å². The number of nitrogens with one attached hydrogen (secondary N) is 1. The molecule has 3 rings (SSSR count). The Labute approximate surface area is 162 Å². The fourth-order valence-electron chi connectivity index (χ4n) is 3.03. The fourth-order valence-corrected chi connectivity index (χ4v) is 3.03. The standard InChI is InChI=1S/C22H19N3O3/c1-14-7-8-15(2)19(9-14)24-22(28)16(11-23)10-17-12-25(13-21(26)27)20-6-4-3-5-18(17)20/h3-10,12H,13H2,1-2H3,(H,24,28)(H,26,27)/b16-10+. The Bertz CT molecular complexity index is 1150. The largest absolute Gasteiger partial charge is 0.480 e. The summed E-state index contributed by atoms with van der Waals surface area (Å²) in [7, 11) is 0. The van der Waals surface area contributed by atoms with Crippen molar-refractivity contribution in [2.45, 2.75) is 20.4 Å². The maximum atomic E-state index is 12.6. The van der Waals surface area contributed by atoms with Gasteiger partial charge in [-0.25, -0.2) is 0 Å². The monoisotopic (exact) mass is 373 g/mol. The number of carbonyl (C=O) groups excluding carboxylic acids is 1. The normalized spacial score (nSPS) is 11.2. The van der Waals surface area contributed by atoms with Crippen LogP contribution in [0, 0.1) is 25.2 Å². The summed E-state index contributed by atoms with van der Waals surface area (Å²) in [5.74, 6) is -1.48.